The van der Waals surface area contributed by atoms with Gasteiger partial charge in [0.05, 0.1) is 24.3 Å². The largest absolute Gasteiger partial charge is 0.423 e. The number of halogens is 1. The molecule has 5 heteroatoms. The van der Waals surface area contributed by atoms with Gasteiger partial charge in [0, 0.05) is 22.6 Å². The van der Waals surface area contributed by atoms with Crippen LogP contribution in [0.15, 0.2) is 70.1 Å². The summed E-state index contributed by atoms with van der Waals surface area (Å²) in [5.41, 5.74) is 4.35. The molecule has 4 aromatic rings. The van der Waals surface area contributed by atoms with Gasteiger partial charge in [0.1, 0.15) is 12.3 Å². The molecule has 0 aliphatic carbocycles. The molecule has 130 valence electrons. The van der Waals surface area contributed by atoms with E-state index < -0.39 is 6.67 Å². The van der Waals surface area contributed by atoms with E-state index in [0.717, 1.165) is 33.5 Å². The number of aryl methyl sites for hydroxylation is 2. The molecule has 4 nitrogen and oxygen atoms in total. The number of fused-ring (bicyclic) bond motifs is 1. The first kappa shape index (κ1) is 16.3. The Morgan fingerprint density at radius 1 is 1.08 bits per heavy atom. The van der Waals surface area contributed by atoms with Crippen LogP contribution in [0.3, 0.4) is 0 Å². The predicted octanol–water partition coefficient (Wildman–Crippen LogP) is 4.60. The molecule has 0 aliphatic heterocycles. The number of rotatable bonds is 4. The lowest BCUT2D eigenvalue weighted by Gasteiger charge is -2.10. The average Bonchev–Trinajstić information content (AvgIpc) is 3.06. The van der Waals surface area contributed by atoms with Crippen molar-refractivity contribution in [3.05, 3.63) is 76.9 Å². The molecule has 0 unspecified atom stereocenters. The Hall–Kier alpha value is -3.21. The molecule has 0 atom stereocenters. The molecule has 2 aromatic heterocycles. The molecular formula is C21H17FN2O2. The third-order valence-corrected chi connectivity index (χ3v) is 4.44. The van der Waals surface area contributed by atoms with Crippen molar-refractivity contribution in [3.63, 3.8) is 0 Å². The van der Waals surface area contributed by atoms with Crippen LogP contribution in [0.5, 0.6) is 0 Å². The zero-order valence-electron chi connectivity index (χ0n) is 14.3. The molecule has 0 bridgehead atoms. The highest BCUT2D eigenvalue weighted by atomic mass is 19.1. The van der Waals surface area contributed by atoms with Crippen LogP contribution in [0.2, 0.25) is 0 Å². The van der Waals surface area contributed by atoms with E-state index in [0.29, 0.717) is 5.58 Å². The summed E-state index contributed by atoms with van der Waals surface area (Å²) < 4.78 is 20.2. The average molecular weight is 348 g/mol. The molecule has 0 saturated heterocycles. The van der Waals surface area contributed by atoms with Gasteiger partial charge in [-0.15, -0.1) is 0 Å². The number of nitrogens with zero attached hydrogens (tertiary/aromatic N) is 2. The van der Waals surface area contributed by atoms with Crippen molar-refractivity contribution < 1.29 is 8.81 Å². The molecule has 26 heavy (non-hydrogen) atoms. The van der Waals surface area contributed by atoms with Crippen molar-refractivity contribution in [2.45, 2.75) is 13.5 Å². The molecule has 0 saturated carbocycles. The number of benzene rings is 2. The van der Waals surface area contributed by atoms with E-state index in [4.69, 9.17) is 4.42 Å². The zero-order valence-corrected chi connectivity index (χ0v) is 14.3. The minimum Gasteiger partial charge on any atom is -0.423 e. The number of hydrogen-bond acceptors (Lipinski definition) is 3. The number of alkyl halides is 1. The summed E-state index contributed by atoms with van der Waals surface area (Å²) in [6.45, 7) is 1.60. The summed E-state index contributed by atoms with van der Waals surface area (Å²) in [4.78, 5) is 16.2. The van der Waals surface area contributed by atoms with Crippen molar-refractivity contribution in [1.82, 2.24) is 9.55 Å². The van der Waals surface area contributed by atoms with Gasteiger partial charge in [0.25, 0.3) is 0 Å². The summed E-state index contributed by atoms with van der Waals surface area (Å²) in [5.74, 6) is 0. The van der Waals surface area contributed by atoms with Gasteiger partial charge < -0.3 is 8.98 Å². The van der Waals surface area contributed by atoms with E-state index >= 15 is 0 Å². The van der Waals surface area contributed by atoms with Crippen molar-refractivity contribution in [2.24, 2.45) is 0 Å². The van der Waals surface area contributed by atoms with Crippen LogP contribution in [0.4, 0.5) is 4.39 Å². The van der Waals surface area contributed by atoms with Crippen molar-refractivity contribution in [1.29, 1.82) is 0 Å². The molecule has 2 heterocycles. The van der Waals surface area contributed by atoms with Gasteiger partial charge in [0.15, 0.2) is 0 Å². The van der Waals surface area contributed by atoms with Crippen molar-refractivity contribution >= 4 is 11.0 Å². The maximum atomic E-state index is 13.0. The number of aromatic nitrogens is 2. The second-order valence-corrected chi connectivity index (χ2v) is 6.15. The molecule has 0 fully saturated rings. The summed E-state index contributed by atoms with van der Waals surface area (Å²) in [7, 11) is 0. The highest BCUT2D eigenvalue weighted by Gasteiger charge is 2.16. The normalized spacial score (nSPS) is 11.2. The van der Waals surface area contributed by atoms with Gasteiger partial charge in [-0.3, -0.25) is 0 Å². The second kappa shape index (κ2) is 6.59. The van der Waals surface area contributed by atoms with E-state index in [1.54, 1.807) is 10.9 Å². The van der Waals surface area contributed by atoms with Crippen LogP contribution in [-0.2, 0) is 6.54 Å². The summed E-state index contributed by atoms with van der Waals surface area (Å²) in [5, 5.41) is 0.881. The fourth-order valence-electron chi connectivity index (χ4n) is 3.22. The van der Waals surface area contributed by atoms with Gasteiger partial charge in [-0.1, -0.05) is 42.5 Å². The van der Waals surface area contributed by atoms with Crippen LogP contribution in [0.25, 0.3) is 33.5 Å². The monoisotopic (exact) mass is 348 g/mol. The lowest BCUT2D eigenvalue weighted by molar-refractivity contribution is 0.447. The smallest absolute Gasteiger partial charge is 0.336 e. The molecule has 0 N–H and O–H groups in total. The lowest BCUT2D eigenvalue weighted by Crippen LogP contribution is -2.02. The van der Waals surface area contributed by atoms with Gasteiger partial charge in [0.2, 0.25) is 0 Å². The maximum absolute atomic E-state index is 13.0. The standard InChI is InChI=1S/C21H17FN2O2/c1-14-11-19(25)26-18-12-16(7-8-17(14)18)21-20(15-5-3-2-4-6-15)23-13-24(21)10-9-22/h2-8,11-13H,9-10H2,1H3. The third kappa shape index (κ3) is 2.81. The molecule has 2 aromatic carbocycles. The minimum atomic E-state index is -0.487. The van der Waals surface area contributed by atoms with Gasteiger partial charge in [-0.25, -0.2) is 14.2 Å². The highest BCUT2D eigenvalue weighted by molar-refractivity contribution is 5.87. The Morgan fingerprint density at radius 3 is 2.65 bits per heavy atom. The van der Waals surface area contributed by atoms with Crippen LogP contribution in [-0.4, -0.2) is 16.2 Å². The Kier molecular flexibility index (Phi) is 4.13. The predicted molar refractivity (Wildman–Crippen MR) is 99.9 cm³/mol. The number of hydrogen-bond donors (Lipinski definition) is 0. The fourth-order valence-corrected chi connectivity index (χ4v) is 3.22. The maximum Gasteiger partial charge on any atom is 0.336 e. The topological polar surface area (TPSA) is 48.0 Å². The van der Waals surface area contributed by atoms with Crippen molar-refractivity contribution in [2.75, 3.05) is 6.67 Å². The van der Waals surface area contributed by atoms with Crippen LogP contribution in [0, 0.1) is 6.92 Å². The Bertz CT molecular complexity index is 1130. The quantitative estimate of drug-likeness (QED) is 0.506. The minimum absolute atomic E-state index is 0.213. The van der Waals surface area contributed by atoms with Crippen LogP contribution >= 0.6 is 0 Å². The van der Waals surface area contributed by atoms with E-state index in [1.807, 2.05) is 55.5 Å². The first-order valence-corrected chi connectivity index (χ1v) is 8.39. The summed E-state index contributed by atoms with van der Waals surface area (Å²) in [6, 6.07) is 16.9. The van der Waals surface area contributed by atoms with E-state index in [1.165, 1.54) is 6.07 Å². The van der Waals surface area contributed by atoms with Crippen molar-refractivity contribution in [3.8, 4) is 22.5 Å². The van der Waals surface area contributed by atoms with E-state index in [2.05, 4.69) is 4.98 Å². The first-order valence-electron chi connectivity index (χ1n) is 8.39. The third-order valence-electron chi connectivity index (χ3n) is 4.44. The van der Waals surface area contributed by atoms with Gasteiger partial charge in [-0.05, 0) is 18.6 Å². The molecule has 0 aliphatic rings. The highest BCUT2D eigenvalue weighted by Crippen LogP contribution is 2.33. The van der Waals surface area contributed by atoms with Gasteiger partial charge >= 0.3 is 5.63 Å². The van der Waals surface area contributed by atoms with E-state index in [9.17, 15) is 9.18 Å². The SMILES string of the molecule is Cc1cc(=O)oc2cc(-c3c(-c4ccccc4)ncn3CCF)ccc12. The lowest BCUT2D eigenvalue weighted by atomic mass is 10.0. The van der Waals surface area contributed by atoms with Gasteiger partial charge in [-0.2, -0.15) is 0 Å². The molecule has 0 spiro atoms. The number of imidazole rings is 1. The summed E-state index contributed by atoms with van der Waals surface area (Å²) in [6.07, 6.45) is 1.65. The summed E-state index contributed by atoms with van der Waals surface area (Å²) >= 11 is 0. The first-order chi connectivity index (χ1) is 12.7. The fraction of sp³-hybridized carbons (Fsp3) is 0.143. The van der Waals surface area contributed by atoms with Crippen LogP contribution in [0.1, 0.15) is 5.56 Å². The molecule has 0 radical (unpaired) electrons. The molecule has 0 amide bonds. The Morgan fingerprint density at radius 2 is 1.88 bits per heavy atom. The molecule has 4 rings (SSSR count). The molecular weight excluding hydrogens is 331 g/mol. The Labute approximate surface area is 149 Å². The van der Waals surface area contributed by atoms with E-state index in [-0.39, 0.29) is 12.2 Å². The Balaban J connectivity index is 1.95. The second-order valence-electron chi connectivity index (χ2n) is 6.15. The van der Waals surface area contributed by atoms with Crippen LogP contribution < -0.4 is 5.63 Å². The zero-order chi connectivity index (χ0) is 18.1.